The Morgan fingerprint density at radius 1 is 1.08 bits per heavy atom. The molecule has 2 aromatic heterocycles. The molecule has 0 bridgehead atoms. The molecule has 9 heteroatoms. The molecule has 0 fully saturated rings. The molecule has 1 atom stereocenters. The fraction of sp³-hybridized carbons (Fsp3) is 0.276. The normalized spacial score (nSPS) is 11.9. The average molecular weight is 519 g/mol. The van der Waals surface area contributed by atoms with Crippen LogP contribution in [0.15, 0.2) is 60.8 Å². The van der Waals surface area contributed by atoms with Crippen molar-refractivity contribution >= 4 is 22.8 Å². The topological polar surface area (TPSA) is 116 Å². The quantitative estimate of drug-likeness (QED) is 0.252. The van der Waals surface area contributed by atoms with Gasteiger partial charge in [-0.2, -0.15) is 0 Å². The van der Waals surface area contributed by atoms with Crippen LogP contribution in [0.1, 0.15) is 40.3 Å². The third kappa shape index (κ3) is 6.36. The highest BCUT2D eigenvalue weighted by Gasteiger charge is 2.19. The number of nitrogens with zero attached hydrogens (tertiary/aromatic N) is 1. The van der Waals surface area contributed by atoms with Crippen LogP contribution in [0.3, 0.4) is 0 Å². The molecule has 0 aliphatic heterocycles. The maximum atomic E-state index is 14.3. The third-order valence-corrected chi connectivity index (χ3v) is 6.07. The number of fused-ring (bicyclic) bond motifs is 1. The Labute approximate surface area is 220 Å². The standard InChI is InChI=1S/C29H31FN4O4/c1-17(2)38-27-7-6-19(20-10-21(28(36)31-3)12-22(30)11-20)13-24(27)29(37)33-15-18(16-35)9-23-14-26-25(34-23)5-4-8-32-26/h4-8,10-14,17-18,34-35H,9,15-16H2,1-3H3,(H,31,36)(H,33,37). The van der Waals surface area contributed by atoms with Gasteiger partial charge in [-0.25, -0.2) is 4.39 Å². The van der Waals surface area contributed by atoms with E-state index in [0.717, 1.165) is 22.8 Å². The number of carbonyl (C=O) groups is 2. The Balaban J connectivity index is 1.56. The SMILES string of the molecule is CNC(=O)c1cc(F)cc(-c2ccc(OC(C)C)c(C(=O)NCC(CO)Cc3cc4ncccc4[nH]3)c2)c1. The number of hydrogen-bond acceptors (Lipinski definition) is 5. The van der Waals surface area contributed by atoms with Crippen molar-refractivity contribution in [2.75, 3.05) is 20.2 Å². The van der Waals surface area contributed by atoms with Gasteiger partial charge < -0.3 is 25.5 Å². The second kappa shape index (κ2) is 11.9. The van der Waals surface area contributed by atoms with Crippen LogP contribution in [-0.4, -0.2) is 53.2 Å². The first-order chi connectivity index (χ1) is 18.3. The van der Waals surface area contributed by atoms with Crippen molar-refractivity contribution in [3.8, 4) is 16.9 Å². The number of H-pyrrole nitrogens is 1. The van der Waals surface area contributed by atoms with Gasteiger partial charge in [0.25, 0.3) is 11.8 Å². The van der Waals surface area contributed by atoms with Crippen LogP contribution in [-0.2, 0) is 6.42 Å². The minimum Gasteiger partial charge on any atom is -0.490 e. The summed E-state index contributed by atoms with van der Waals surface area (Å²) in [5.74, 6) is -1.21. The van der Waals surface area contributed by atoms with Crippen molar-refractivity contribution in [2.45, 2.75) is 26.4 Å². The first-order valence-electron chi connectivity index (χ1n) is 12.4. The number of nitrogens with one attached hydrogen (secondary N) is 3. The van der Waals surface area contributed by atoms with E-state index in [1.807, 2.05) is 32.0 Å². The Morgan fingerprint density at radius 2 is 1.89 bits per heavy atom. The maximum absolute atomic E-state index is 14.3. The molecule has 0 spiro atoms. The van der Waals surface area contributed by atoms with Gasteiger partial charge >= 0.3 is 0 Å². The van der Waals surface area contributed by atoms with Gasteiger partial charge in [-0.3, -0.25) is 14.6 Å². The Kier molecular flexibility index (Phi) is 8.38. The van der Waals surface area contributed by atoms with E-state index < -0.39 is 11.7 Å². The lowest BCUT2D eigenvalue weighted by Gasteiger charge is -2.18. The van der Waals surface area contributed by atoms with Gasteiger partial charge in [-0.1, -0.05) is 6.07 Å². The van der Waals surface area contributed by atoms with Crippen molar-refractivity contribution in [3.63, 3.8) is 0 Å². The molecule has 0 saturated heterocycles. The molecule has 8 nitrogen and oxygen atoms in total. The van der Waals surface area contributed by atoms with E-state index >= 15 is 0 Å². The molecule has 2 heterocycles. The molecule has 2 aromatic carbocycles. The second-order valence-corrected chi connectivity index (χ2v) is 9.38. The molecule has 38 heavy (non-hydrogen) atoms. The minimum absolute atomic E-state index is 0.121. The van der Waals surface area contributed by atoms with Crippen LogP contribution in [0, 0.1) is 11.7 Å². The third-order valence-electron chi connectivity index (χ3n) is 6.07. The van der Waals surface area contributed by atoms with E-state index in [2.05, 4.69) is 20.6 Å². The molecule has 4 N–H and O–H groups in total. The molecule has 0 radical (unpaired) electrons. The molecular weight excluding hydrogens is 487 g/mol. The van der Waals surface area contributed by atoms with Gasteiger partial charge in [-0.05, 0) is 79.9 Å². The summed E-state index contributed by atoms with van der Waals surface area (Å²) >= 11 is 0. The number of hydrogen-bond donors (Lipinski definition) is 4. The fourth-order valence-electron chi connectivity index (χ4n) is 4.24. The lowest BCUT2D eigenvalue weighted by atomic mass is 9.99. The average Bonchev–Trinajstić information content (AvgIpc) is 3.32. The van der Waals surface area contributed by atoms with E-state index in [0.29, 0.717) is 23.3 Å². The highest BCUT2D eigenvalue weighted by Crippen LogP contribution is 2.29. The fourth-order valence-corrected chi connectivity index (χ4v) is 4.24. The predicted octanol–water partition coefficient (Wildman–Crippen LogP) is 4.10. The van der Waals surface area contributed by atoms with Crippen LogP contribution >= 0.6 is 0 Å². The summed E-state index contributed by atoms with van der Waals surface area (Å²) in [5.41, 5.74) is 4.12. The zero-order chi connectivity index (χ0) is 27.2. The monoisotopic (exact) mass is 518 g/mol. The number of carbonyl (C=O) groups excluding carboxylic acids is 2. The lowest BCUT2D eigenvalue weighted by molar-refractivity contribution is 0.0931. The number of amides is 2. The van der Waals surface area contributed by atoms with Crippen molar-refractivity contribution in [3.05, 3.63) is 83.4 Å². The number of rotatable bonds is 10. The summed E-state index contributed by atoms with van der Waals surface area (Å²) < 4.78 is 20.2. The van der Waals surface area contributed by atoms with Crippen LogP contribution in [0.5, 0.6) is 5.75 Å². The highest BCUT2D eigenvalue weighted by atomic mass is 19.1. The smallest absolute Gasteiger partial charge is 0.255 e. The minimum atomic E-state index is -0.562. The lowest BCUT2D eigenvalue weighted by Crippen LogP contribution is -2.32. The molecule has 4 rings (SSSR count). The molecular formula is C29H31FN4O4. The number of aliphatic hydroxyl groups is 1. The Bertz CT molecular complexity index is 1420. The van der Waals surface area contributed by atoms with Crippen molar-refractivity contribution in [1.82, 2.24) is 20.6 Å². The highest BCUT2D eigenvalue weighted by molar-refractivity contribution is 5.99. The molecule has 198 valence electrons. The van der Waals surface area contributed by atoms with Gasteiger partial charge in [0.15, 0.2) is 0 Å². The summed E-state index contributed by atoms with van der Waals surface area (Å²) in [6.45, 7) is 3.82. The van der Waals surface area contributed by atoms with Crippen molar-refractivity contribution in [2.24, 2.45) is 5.92 Å². The second-order valence-electron chi connectivity index (χ2n) is 9.38. The molecule has 0 aliphatic carbocycles. The molecule has 0 saturated carbocycles. The number of aromatic nitrogens is 2. The summed E-state index contributed by atoms with van der Waals surface area (Å²) in [7, 11) is 1.47. The number of ether oxygens (including phenoxy) is 1. The van der Waals surface area contributed by atoms with E-state index in [-0.39, 0.29) is 42.2 Å². The molecule has 1 unspecified atom stereocenters. The first-order valence-corrected chi connectivity index (χ1v) is 12.4. The summed E-state index contributed by atoms with van der Waals surface area (Å²) in [6.07, 6.45) is 2.06. The molecule has 0 aliphatic rings. The van der Waals surface area contributed by atoms with E-state index in [1.54, 1.807) is 30.5 Å². The van der Waals surface area contributed by atoms with Gasteiger partial charge in [0.2, 0.25) is 0 Å². The van der Waals surface area contributed by atoms with Gasteiger partial charge in [-0.15, -0.1) is 0 Å². The first kappa shape index (κ1) is 26.8. The van der Waals surface area contributed by atoms with Crippen molar-refractivity contribution in [1.29, 1.82) is 0 Å². The summed E-state index contributed by atoms with van der Waals surface area (Å²) in [5, 5.41) is 15.3. The number of halogens is 1. The number of pyridine rings is 1. The van der Waals surface area contributed by atoms with E-state index in [4.69, 9.17) is 4.74 Å². The van der Waals surface area contributed by atoms with Crippen molar-refractivity contribution < 1.29 is 23.8 Å². The van der Waals surface area contributed by atoms with Crippen LogP contribution in [0.2, 0.25) is 0 Å². The van der Waals surface area contributed by atoms with Crippen LogP contribution < -0.4 is 15.4 Å². The summed E-state index contributed by atoms with van der Waals surface area (Å²) in [4.78, 5) is 33.0. The van der Waals surface area contributed by atoms with E-state index in [1.165, 1.54) is 13.1 Å². The zero-order valence-corrected chi connectivity index (χ0v) is 21.5. The predicted molar refractivity (Wildman–Crippen MR) is 144 cm³/mol. The summed E-state index contributed by atoms with van der Waals surface area (Å²) in [6, 6.07) is 14.7. The number of aromatic amines is 1. The van der Waals surface area contributed by atoms with E-state index in [9.17, 15) is 19.1 Å². The van der Waals surface area contributed by atoms with Gasteiger partial charge in [0.1, 0.15) is 11.6 Å². The largest absolute Gasteiger partial charge is 0.490 e. The molecule has 2 amide bonds. The Morgan fingerprint density at radius 3 is 2.61 bits per heavy atom. The Hall–Kier alpha value is -4.24. The zero-order valence-electron chi connectivity index (χ0n) is 21.5. The van der Waals surface area contributed by atoms with Gasteiger partial charge in [0, 0.05) is 43.6 Å². The number of aliphatic hydroxyl groups excluding tert-OH is 1. The maximum Gasteiger partial charge on any atom is 0.255 e. The van der Waals surface area contributed by atoms with Gasteiger partial charge in [0.05, 0.1) is 22.7 Å². The number of benzene rings is 2. The van der Waals surface area contributed by atoms with Crippen LogP contribution in [0.25, 0.3) is 22.2 Å². The molecule has 4 aromatic rings. The van der Waals surface area contributed by atoms with Crippen LogP contribution in [0.4, 0.5) is 4.39 Å².